The van der Waals surface area contributed by atoms with Crippen LogP contribution < -0.4 is 0 Å². The average molecular weight is 415 g/mol. The smallest absolute Gasteiger partial charge is 0.403 e. The molecule has 2 aliphatic heterocycles. The summed E-state index contributed by atoms with van der Waals surface area (Å²) in [7, 11) is -0.255. The Bertz CT molecular complexity index is 670. The van der Waals surface area contributed by atoms with Gasteiger partial charge < -0.3 is 9.31 Å². The predicted octanol–water partition coefficient (Wildman–Crippen LogP) is 6.06. The molecule has 0 N–H and O–H groups in total. The molecule has 1 unspecified atom stereocenters. The van der Waals surface area contributed by atoms with Crippen LogP contribution in [0.15, 0.2) is 30.3 Å². The van der Waals surface area contributed by atoms with Crippen molar-refractivity contribution in [1.82, 2.24) is 5.06 Å². The molecule has 2 heterocycles. The fraction of sp³-hybridized carbons (Fsp3) is 0.760. The fourth-order valence-electron chi connectivity index (χ4n) is 4.87. The number of piperidine rings is 1. The highest BCUT2D eigenvalue weighted by Gasteiger charge is 2.54. The third-order valence-electron chi connectivity index (χ3n) is 7.40. The molecule has 30 heavy (non-hydrogen) atoms. The van der Waals surface area contributed by atoms with Gasteiger partial charge in [0.2, 0.25) is 0 Å². The molecule has 0 aliphatic carbocycles. The molecular formula is C25H42BNO3. The largest absolute Gasteiger partial charge is 0.463 e. The Morgan fingerprint density at radius 3 is 1.97 bits per heavy atom. The minimum absolute atomic E-state index is 0.0294. The van der Waals surface area contributed by atoms with Crippen molar-refractivity contribution in [1.29, 1.82) is 0 Å². The summed E-state index contributed by atoms with van der Waals surface area (Å²) >= 11 is 0. The van der Waals surface area contributed by atoms with Crippen molar-refractivity contribution in [3.05, 3.63) is 35.9 Å². The lowest BCUT2D eigenvalue weighted by Crippen LogP contribution is -2.58. The number of benzene rings is 1. The lowest BCUT2D eigenvalue weighted by molar-refractivity contribution is -0.281. The van der Waals surface area contributed by atoms with Crippen molar-refractivity contribution >= 4 is 7.12 Å². The Hall–Kier alpha value is -0.875. The van der Waals surface area contributed by atoms with Crippen LogP contribution in [-0.4, -0.2) is 41.1 Å². The number of nitrogens with zero attached hydrogens (tertiary/aromatic N) is 1. The van der Waals surface area contributed by atoms with Crippen molar-refractivity contribution in [2.75, 3.05) is 6.61 Å². The first-order chi connectivity index (χ1) is 13.8. The number of rotatable bonds is 7. The van der Waals surface area contributed by atoms with Crippen LogP contribution in [0.4, 0.5) is 0 Å². The van der Waals surface area contributed by atoms with E-state index < -0.39 is 0 Å². The van der Waals surface area contributed by atoms with Crippen LogP contribution in [0, 0.1) is 0 Å². The molecule has 0 aromatic heterocycles. The lowest BCUT2D eigenvalue weighted by atomic mass is 9.69. The zero-order valence-electron chi connectivity index (χ0n) is 20.5. The third-order valence-corrected chi connectivity index (χ3v) is 7.40. The Balaban J connectivity index is 1.74. The molecule has 0 saturated carbocycles. The standard InChI is InChI=1S/C25H42BNO3/c1-22(2)17-12-18-23(3,4)27(22)28-19-21(16-15-20-13-10-9-11-14-20)26-29-24(5,6)25(7,8)30-26/h9-11,13-14,21H,12,15-19H2,1-8H3. The molecular weight excluding hydrogens is 373 g/mol. The molecule has 2 saturated heterocycles. The molecule has 3 rings (SSSR count). The van der Waals surface area contributed by atoms with Gasteiger partial charge in [0.1, 0.15) is 0 Å². The van der Waals surface area contributed by atoms with E-state index >= 15 is 0 Å². The Morgan fingerprint density at radius 1 is 0.900 bits per heavy atom. The molecule has 5 heteroatoms. The van der Waals surface area contributed by atoms with Gasteiger partial charge in [0.25, 0.3) is 0 Å². The zero-order valence-corrected chi connectivity index (χ0v) is 20.5. The van der Waals surface area contributed by atoms with Crippen LogP contribution in [0.1, 0.15) is 86.6 Å². The van der Waals surface area contributed by atoms with Gasteiger partial charge >= 0.3 is 7.12 Å². The molecule has 0 amide bonds. The van der Waals surface area contributed by atoms with Gasteiger partial charge in [-0.15, -0.1) is 0 Å². The maximum absolute atomic E-state index is 6.59. The molecule has 168 valence electrons. The third kappa shape index (κ3) is 5.12. The van der Waals surface area contributed by atoms with E-state index in [1.54, 1.807) is 0 Å². The Labute approximate surface area is 184 Å². The number of hydrogen-bond donors (Lipinski definition) is 0. The maximum Gasteiger partial charge on any atom is 0.463 e. The molecule has 2 fully saturated rings. The minimum Gasteiger partial charge on any atom is -0.403 e. The van der Waals surface area contributed by atoms with Crippen molar-refractivity contribution in [3.63, 3.8) is 0 Å². The van der Waals surface area contributed by atoms with Gasteiger partial charge in [-0.1, -0.05) is 30.3 Å². The highest BCUT2D eigenvalue weighted by Crippen LogP contribution is 2.43. The van der Waals surface area contributed by atoms with Gasteiger partial charge in [-0.25, -0.2) is 0 Å². The van der Waals surface area contributed by atoms with Gasteiger partial charge in [-0.3, -0.25) is 4.84 Å². The van der Waals surface area contributed by atoms with Crippen molar-refractivity contribution in [3.8, 4) is 0 Å². The van der Waals surface area contributed by atoms with Crippen LogP contribution >= 0.6 is 0 Å². The molecule has 0 spiro atoms. The second kappa shape index (κ2) is 8.57. The van der Waals surface area contributed by atoms with E-state index in [1.165, 1.54) is 12.0 Å². The van der Waals surface area contributed by atoms with Gasteiger partial charge in [0, 0.05) is 16.9 Å². The predicted molar refractivity (Wildman–Crippen MR) is 124 cm³/mol. The van der Waals surface area contributed by atoms with E-state index in [2.05, 4.69) is 90.8 Å². The summed E-state index contributed by atoms with van der Waals surface area (Å²) in [4.78, 5) is 6.59. The van der Waals surface area contributed by atoms with E-state index in [1.807, 2.05) is 0 Å². The van der Waals surface area contributed by atoms with Crippen LogP contribution in [-0.2, 0) is 20.6 Å². The maximum atomic E-state index is 6.59. The first kappa shape index (κ1) is 23.8. The quantitative estimate of drug-likeness (QED) is 0.507. The monoisotopic (exact) mass is 415 g/mol. The van der Waals surface area contributed by atoms with Crippen molar-refractivity contribution in [2.24, 2.45) is 0 Å². The highest BCUT2D eigenvalue weighted by molar-refractivity contribution is 6.47. The molecule has 2 aliphatic rings. The van der Waals surface area contributed by atoms with E-state index in [4.69, 9.17) is 14.1 Å². The lowest BCUT2D eigenvalue weighted by Gasteiger charge is -2.51. The number of hydroxylamine groups is 2. The van der Waals surface area contributed by atoms with E-state index in [-0.39, 0.29) is 35.2 Å². The van der Waals surface area contributed by atoms with Gasteiger partial charge in [-0.05, 0) is 93.1 Å². The fourth-order valence-corrected chi connectivity index (χ4v) is 4.87. The first-order valence-electron chi connectivity index (χ1n) is 11.7. The second-order valence-corrected chi connectivity index (χ2v) is 11.5. The summed E-state index contributed by atoms with van der Waals surface area (Å²) in [6.07, 6.45) is 5.51. The molecule has 1 aromatic carbocycles. The summed E-state index contributed by atoms with van der Waals surface area (Å²) in [5.74, 6) is 0.166. The average Bonchev–Trinajstić information content (AvgIpc) is 2.84. The van der Waals surface area contributed by atoms with Crippen LogP contribution in [0.5, 0.6) is 0 Å². The SMILES string of the molecule is CC1(C)CCCC(C)(C)N1OCC(CCc1ccccc1)B1OC(C)(C)C(C)(C)O1. The van der Waals surface area contributed by atoms with E-state index in [9.17, 15) is 0 Å². The normalized spacial score (nSPS) is 25.9. The van der Waals surface area contributed by atoms with Crippen molar-refractivity contribution < 1.29 is 14.1 Å². The summed E-state index contributed by atoms with van der Waals surface area (Å²) in [5, 5.41) is 2.25. The molecule has 1 aromatic rings. The summed E-state index contributed by atoms with van der Waals surface area (Å²) in [6, 6.07) is 10.7. The number of hydrogen-bond acceptors (Lipinski definition) is 4. The first-order valence-corrected chi connectivity index (χ1v) is 11.7. The van der Waals surface area contributed by atoms with Gasteiger partial charge in [-0.2, -0.15) is 5.06 Å². The summed E-state index contributed by atoms with van der Waals surface area (Å²) in [5.41, 5.74) is 0.750. The van der Waals surface area contributed by atoms with E-state index in [0.717, 1.165) is 25.7 Å². The summed E-state index contributed by atoms with van der Waals surface area (Å²) < 4.78 is 12.9. The molecule has 1 atom stereocenters. The topological polar surface area (TPSA) is 30.9 Å². The zero-order chi connectivity index (χ0) is 22.2. The number of aryl methyl sites for hydroxylation is 1. The van der Waals surface area contributed by atoms with Crippen LogP contribution in [0.2, 0.25) is 5.82 Å². The highest BCUT2D eigenvalue weighted by atomic mass is 16.7. The Kier molecular flexibility index (Phi) is 6.80. The van der Waals surface area contributed by atoms with Crippen LogP contribution in [0.3, 0.4) is 0 Å². The molecule has 0 radical (unpaired) electrons. The molecule has 4 nitrogen and oxygen atoms in total. The Morgan fingerprint density at radius 2 is 1.43 bits per heavy atom. The van der Waals surface area contributed by atoms with Crippen molar-refractivity contribution in [2.45, 2.75) is 116 Å². The second-order valence-electron chi connectivity index (χ2n) is 11.5. The summed E-state index contributed by atoms with van der Waals surface area (Å²) in [6.45, 7) is 18.3. The van der Waals surface area contributed by atoms with Crippen LogP contribution in [0.25, 0.3) is 0 Å². The minimum atomic E-state index is -0.327. The van der Waals surface area contributed by atoms with Gasteiger partial charge in [0.15, 0.2) is 0 Å². The van der Waals surface area contributed by atoms with Gasteiger partial charge in [0.05, 0.1) is 17.8 Å². The molecule has 0 bridgehead atoms. The van der Waals surface area contributed by atoms with E-state index in [0.29, 0.717) is 6.61 Å².